The molecule has 1 atom stereocenters. The molecule has 1 heterocycles. The normalized spacial score (nSPS) is 27.2. The van der Waals surface area contributed by atoms with Crippen molar-refractivity contribution in [3.05, 3.63) is 0 Å². The first-order valence-corrected chi connectivity index (χ1v) is 3.51. The Bertz CT molecular complexity index is 109. The lowest BCUT2D eigenvalue weighted by Gasteiger charge is -2.19. The molecule has 0 aromatic heterocycles. The van der Waals surface area contributed by atoms with E-state index in [9.17, 15) is 0 Å². The van der Waals surface area contributed by atoms with E-state index in [1.165, 1.54) is 12.8 Å². The van der Waals surface area contributed by atoms with Crippen LogP contribution in [-0.2, 0) is 0 Å². The number of piperidine rings is 1. The molecule has 0 spiro atoms. The standard InChI is InChI=1S/C7H12N2/c8-4-3-7-2-1-5-9-6-7/h7,9H,1-3,5-6H2/t7-/m1/s1. The summed E-state index contributed by atoms with van der Waals surface area (Å²) < 4.78 is 0. The molecular weight excluding hydrogens is 112 g/mol. The summed E-state index contributed by atoms with van der Waals surface area (Å²) in [6, 6.07) is 2.20. The van der Waals surface area contributed by atoms with Crippen LogP contribution >= 0.6 is 0 Å². The third kappa shape index (κ3) is 2.03. The number of nitrogens with zero attached hydrogens (tertiary/aromatic N) is 1. The Kier molecular flexibility index (Phi) is 2.53. The lowest BCUT2D eigenvalue weighted by atomic mass is 9.97. The van der Waals surface area contributed by atoms with E-state index < -0.39 is 0 Å². The van der Waals surface area contributed by atoms with E-state index in [1.807, 2.05) is 0 Å². The minimum absolute atomic E-state index is 0.628. The van der Waals surface area contributed by atoms with Crippen molar-refractivity contribution in [2.24, 2.45) is 5.92 Å². The first-order valence-electron chi connectivity index (χ1n) is 3.51. The monoisotopic (exact) mass is 124 g/mol. The lowest BCUT2D eigenvalue weighted by Crippen LogP contribution is -2.29. The Hall–Kier alpha value is -0.550. The van der Waals surface area contributed by atoms with Gasteiger partial charge in [0, 0.05) is 6.42 Å². The van der Waals surface area contributed by atoms with Gasteiger partial charge in [0.15, 0.2) is 0 Å². The minimum Gasteiger partial charge on any atom is -0.316 e. The maximum atomic E-state index is 8.34. The Morgan fingerprint density at radius 2 is 2.56 bits per heavy atom. The molecular formula is C7H12N2. The molecule has 1 aliphatic rings. The number of nitriles is 1. The number of hydrogen-bond donors (Lipinski definition) is 1. The molecule has 0 aromatic rings. The highest BCUT2D eigenvalue weighted by Gasteiger charge is 2.10. The van der Waals surface area contributed by atoms with Crippen LogP contribution in [0.3, 0.4) is 0 Å². The molecule has 1 aliphatic heterocycles. The van der Waals surface area contributed by atoms with Gasteiger partial charge in [-0.2, -0.15) is 5.26 Å². The van der Waals surface area contributed by atoms with Crippen LogP contribution in [0.5, 0.6) is 0 Å². The summed E-state index contributed by atoms with van der Waals surface area (Å²) in [5.41, 5.74) is 0. The summed E-state index contributed by atoms with van der Waals surface area (Å²) in [5.74, 6) is 0.628. The maximum absolute atomic E-state index is 8.34. The highest BCUT2D eigenvalue weighted by Crippen LogP contribution is 2.12. The summed E-state index contributed by atoms with van der Waals surface area (Å²) in [5, 5.41) is 11.6. The molecule has 0 aliphatic carbocycles. The molecule has 50 valence electrons. The second-order valence-electron chi connectivity index (χ2n) is 2.57. The number of rotatable bonds is 1. The first kappa shape index (κ1) is 6.57. The second-order valence-corrected chi connectivity index (χ2v) is 2.57. The van der Waals surface area contributed by atoms with E-state index in [1.54, 1.807) is 0 Å². The average molecular weight is 124 g/mol. The Balaban J connectivity index is 2.17. The summed E-state index contributed by atoms with van der Waals surface area (Å²) in [6.45, 7) is 2.19. The van der Waals surface area contributed by atoms with Gasteiger partial charge < -0.3 is 5.32 Å². The van der Waals surface area contributed by atoms with Crippen LogP contribution in [0.15, 0.2) is 0 Å². The van der Waals surface area contributed by atoms with E-state index in [2.05, 4.69) is 11.4 Å². The molecule has 1 fully saturated rings. The van der Waals surface area contributed by atoms with E-state index in [4.69, 9.17) is 5.26 Å². The van der Waals surface area contributed by atoms with Crippen LogP contribution in [0.2, 0.25) is 0 Å². The second kappa shape index (κ2) is 3.47. The molecule has 1 N–H and O–H groups in total. The zero-order valence-electron chi connectivity index (χ0n) is 5.56. The third-order valence-corrected chi connectivity index (χ3v) is 1.78. The van der Waals surface area contributed by atoms with Crippen LogP contribution in [0.1, 0.15) is 19.3 Å². The molecule has 0 radical (unpaired) electrons. The van der Waals surface area contributed by atoms with E-state index in [0.717, 1.165) is 19.5 Å². The van der Waals surface area contributed by atoms with Crippen LogP contribution < -0.4 is 5.32 Å². The topological polar surface area (TPSA) is 35.8 Å². The van der Waals surface area contributed by atoms with Gasteiger partial charge in [0.1, 0.15) is 0 Å². The molecule has 0 saturated carbocycles. The SMILES string of the molecule is N#CC[C@H]1CCCNC1. The predicted molar refractivity (Wildman–Crippen MR) is 35.8 cm³/mol. The van der Waals surface area contributed by atoms with Crippen LogP contribution in [0.4, 0.5) is 0 Å². The van der Waals surface area contributed by atoms with Gasteiger partial charge in [0.05, 0.1) is 6.07 Å². The van der Waals surface area contributed by atoms with E-state index in [0.29, 0.717) is 5.92 Å². The largest absolute Gasteiger partial charge is 0.316 e. The van der Waals surface area contributed by atoms with Crippen molar-refractivity contribution in [3.8, 4) is 6.07 Å². The van der Waals surface area contributed by atoms with Gasteiger partial charge in [0.2, 0.25) is 0 Å². The van der Waals surface area contributed by atoms with Crippen molar-refractivity contribution >= 4 is 0 Å². The predicted octanol–water partition coefficient (Wildman–Crippen LogP) is 0.900. The van der Waals surface area contributed by atoms with Crippen molar-refractivity contribution in [2.45, 2.75) is 19.3 Å². The molecule has 2 heteroatoms. The van der Waals surface area contributed by atoms with Gasteiger partial charge in [0.25, 0.3) is 0 Å². The maximum Gasteiger partial charge on any atom is 0.0625 e. The fourth-order valence-electron chi connectivity index (χ4n) is 1.23. The van der Waals surface area contributed by atoms with Crippen LogP contribution in [-0.4, -0.2) is 13.1 Å². The van der Waals surface area contributed by atoms with Gasteiger partial charge in [-0.1, -0.05) is 0 Å². The van der Waals surface area contributed by atoms with Gasteiger partial charge in [-0.25, -0.2) is 0 Å². The third-order valence-electron chi connectivity index (χ3n) is 1.78. The summed E-state index contributed by atoms with van der Waals surface area (Å²) in [4.78, 5) is 0. The summed E-state index contributed by atoms with van der Waals surface area (Å²) in [7, 11) is 0. The minimum atomic E-state index is 0.628. The highest BCUT2D eigenvalue weighted by molar-refractivity contribution is 4.79. The zero-order chi connectivity index (χ0) is 6.53. The molecule has 1 saturated heterocycles. The van der Waals surface area contributed by atoms with Crippen molar-refractivity contribution in [3.63, 3.8) is 0 Å². The quantitative estimate of drug-likeness (QED) is 0.563. The Labute approximate surface area is 55.9 Å². The van der Waals surface area contributed by atoms with Gasteiger partial charge in [-0.3, -0.25) is 0 Å². The molecule has 2 nitrogen and oxygen atoms in total. The van der Waals surface area contributed by atoms with Crippen molar-refractivity contribution < 1.29 is 0 Å². The van der Waals surface area contributed by atoms with Crippen molar-refractivity contribution in [1.82, 2.24) is 5.32 Å². The fraction of sp³-hybridized carbons (Fsp3) is 0.857. The Morgan fingerprint density at radius 3 is 3.11 bits per heavy atom. The van der Waals surface area contributed by atoms with Gasteiger partial charge in [-0.05, 0) is 31.8 Å². The fourth-order valence-corrected chi connectivity index (χ4v) is 1.23. The Morgan fingerprint density at radius 1 is 1.67 bits per heavy atom. The summed E-state index contributed by atoms with van der Waals surface area (Å²) >= 11 is 0. The van der Waals surface area contributed by atoms with Crippen molar-refractivity contribution in [2.75, 3.05) is 13.1 Å². The smallest absolute Gasteiger partial charge is 0.0625 e. The van der Waals surface area contributed by atoms with Crippen LogP contribution in [0.25, 0.3) is 0 Å². The molecule has 1 rings (SSSR count). The molecule has 9 heavy (non-hydrogen) atoms. The molecule has 0 bridgehead atoms. The number of nitrogens with one attached hydrogen (secondary N) is 1. The zero-order valence-corrected chi connectivity index (χ0v) is 5.56. The lowest BCUT2D eigenvalue weighted by molar-refractivity contribution is 0.383. The van der Waals surface area contributed by atoms with Gasteiger partial charge in [-0.15, -0.1) is 0 Å². The van der Waals surface area contributed by atoms with E-state index in [-0.39, 0.29) is 0 Å². The number of hydrogen-bond acceptors (Lipinski definition) is 2. The average Bonchev–Trinajstić information content (AvgIpc) is 1.91. The molecule has 0 aromatic carbocycles. The van der Waals surface area contributed by atoms with E-state index >= 15 is 0 Å². The van der Waals surface area contributed by atoms with Crippen molar-refractivity contribution in [1.29, 1.82) is 5.26 Å². The first-order chi connectivity index (χ1) is 4.43. The molecule has 0 unspecified atom stereocenters. The summed E-state index contributed by atoms with van der Waals surface area (Å²) in [6.07, 6.45) is 3.21. The highest BCUT2D eigenvalue weighted by atomic mass is 14.9. The van der Waals surface area contributed by atoms with Gasteiger partial charge >= 0.3 is 0 Å². The van der Waals surface area contributed by atoms with Crippen LogP contribution in [0, 0.1) is 17.2 Å². The molecule has 0 amide bonds.